The molecule has 1 aromatic rings. The summed E-state index contributed by atoms with van der Waals surface area (Å²) in [5.41, 5.74) is 2.24. The Balaban J connectivity index is 2.34. The highest BCUT2D eigenvalue weighted by atomic mass is 35.5. The summed E-state index contributed by atoms with van der Waals surface area (Å²) in [6.07, 6.45) is 2.09. The van der Waals surface area contributed by atoms with Crippen LogP contribution in [-0.2, 0) is 0 Å². The van der Waals surface area contributed by atoms with Crippen LogP contribution >= 0.6 is 11.6 Å². The topological polar surface area (TPSA) is 15.4 Å². The Labute approximate surface area is 88.5 Å². The fraction of sp³-hybridized carbons (Fsp3) is 0.273. The van der Waals surface area contributed by atoms with Gasteiger partial charge in [-0.1, -0.05) is 28.4 Å². The molecule has 0 aliphatic carbocycles. The van der Waals surface area contributed by atoms with E-state index in [2.05, 4.69) is 18.2 Å². The van der Waals surface area contributed by atoms with E-state index < -0.39 is 0 Å². The van der Waals surface area contributed by atoms with Crippen molar-refractivity contribution in [3.8, 4) is 0 Å². The molecule has 1 aliphatic heterocycles. The highest BCUT2D eigenvalue weighted by Crippen LogP contribution is 2.15. The number of nitrogens with zero attached hydrogens (tertiary/aromatic N) is 2. The average Bonchev–Trinajstić information content (AvgIpc) is 2.47. The molecule has 0 amide bonds. The van der Waals surface area contributed by atoms with Crippen molar-refractivity contribution in [1.82, 2.24) is 0 Å². The number of rotatable bonds is 1. The van der Waals surface area contributed by atoms with Gasteiger partial charge in [0.25, 0.3) is 0 Å². The van der Waals surface area contributed by atoms with Gasteiger partial charge in [-0.3, -0.25) is 0 Å². The van der Waals surface area contributed by atoms with E-state index in [1.807, 2.05) is 36.0 Å². The fourth-order valence-corrected chi connectivity index (χ4v) is 1.76. The zero-order chi connectivity index (χ0) is 10.1. The van der Waals surface area contributed by atoms with Crippen molar-refractivity contribution in [2.45, 2.75) is 6.92 Å². The monoisotopic (exact) mass is 207 g/mol. The second-order valence-corrected chi connectivity index (χ2v) is 3.94. The van der Waals surface area contributed by atoms with E-state index in [1.54, 1.807) is 0 Å². The minimum Gasteiger partial charge on any atom is -0.0971 e. The Morgan fingerprint density at radius 1 is 1.29 bits per heavy atom. The summed E-state index contributed by atoms with van der Waals surface area (Å²) in [4.78, 5) is 0. The molecule has 72 valence electrons. The van der Waals surface area contributed by atoms with Crippen molar-refractivity contribution in [3.05, 3.63) is 34.9 Å². The number of benzene rings is 1. The van der Waals surface area contributed by atoms with E-state index in [1.165, 1.54) is 0 Å². The second-order valence-electron chi connectivity index (χ2n) is 3.50. The van der Waals surface area contributed by atoms with Gasteiger partial charge in [0.15, 0.2) is 13.3 Å². The molecule has 0 bridgehead atoms. The van der Waals surface area contributed by atoms with Gasteiger partial charge >= 0.3 is 0 Å². The maximum atomic E-state index is 5.83. The summed E-state index contributed by atoms with van der Waals surface area (Å²) < 4.78 is 1.86. The van der Waals surface area contributed by atoms with E-state index >= 15 is 0 Å². The van der Waals surface area contributed by atoms with Gasteiger partial charge in [-0.2, -0.15) is 0 Å². The molecule has 0 N–H and O–H groups in total. The first-order chi connectivity index (χ1) is 6.66. The van der Waals surface area contributed by atoms with E-state index in [0.29, 0.717) is 5.92 Å². The van der Waals surface area contributed by atoms with E-state index in [0.717, 1.165) is 16.3 Å². The van der Waals surface area contributed by atoms with Gasteiger partial charge in [0.1, 0.15) is 5.71 Å². The van der Waals surface area contributed by atoms with Crippen LogP contribution in [0.25, 0.3) is 0 Å². The lowest BCUT2D eigenvalue weighted by Gasteiger charge is -2.00. The van der Waals surface area contributed by atoms with Crippen molar-refractivity contribution >= 4 is 23.5 Å². The van der Waals surface area contributed by atoms with Crippen LogP contribution in [-0.4, -0.2) is 23.7 Å². The molecule has 2 rings (SSSR count). The van der Waals surface area contributed by atoms with E-state index in [9.17, 15) is 0 Å². The zero-order valence-electron chi connectivity index (χ0n) is 8.24. The predicted molar refractivity (Wildman–Crippen MR) is 59.4 cm³/mol. The third kappa shape index (κ3) is 1.70. The lowest BCUT2D eigenvalue weighted by Crippen LogP contribution is -2.09. The molecule has 1 heterocycles. The van der Waals surface area contributed by atoms with Crippen LogP contribution in [0.15, 0.2) is 29.4 Å². The standard InChI is InChI=1S/C11H12ClN2/c1-8-7-14(2)13-11(8)9-3-5-10(12)6-4-9/h3-8H,1-2H3/q+1. The average molecular weight is 208 g/mol. The van der Waals surface area contributed by atoms with Crippen molar-refractivity contribution in [3.63, 3.8) is 0 Å². The van der Waals surface area contributed by atoms with Crippen LogP contribution in [0.2, 0.25) is 5.02 Å². The first kappa shape index (κ1) is 9.41. The Morgan fingerprint density at radius 2 is 1.93 bits per heavy atom. The van der Waals surface area contributed by atoms with Gasteiger partial charge in [-0.05, 0) is 24.2 Å². The molecule has 3 heteroatoms. The molecule has 1 aromatic carbocycles. The maximum absolute atomic E-state index is 5.83. The molecule has 0 saturated heterocycles. The fourth-order valence-electron chi connectivity index (χ4n) is 1.63. The second kappa shape index (κ2) is 3.54. The van der Waals surface area contributed by atoms with Crippen molar-refractivity contribution in [1.29, 1.82) is 0 Å². The number of halogens is 1. The first-order valence-electron chi connectivity index (χ1n) is 4.59. The largest absolute Gasteiger partial charge is 0.181 e. The third-order valence-corrected chi connectivity index (χ3v) is 2.53. The number of hydrogen-bond acceptors (Lipinski definition) is 1. The van der Waals surface area contributed by atoms with Gasteiger partial charge in [0, 0.05) is 10.6 Å². The molecule has 1 atom stereocenters. The van der Waals surface area contributed by atoms with Crippen LogP contribution < -0.4 is 0 Å². The molecular weight excluding hydrogens is 196 g/mol. The Bertz CT molecular complexity index is 404. The first-order valence-corrected chi connectivity index (χ1v) is 4.97. The minimum atomic E-state index is 0.376. The molecule has 1 unspecified atom stereocenters. The predicted octanol–water partition coefficient (Wildman–Crippen LogP) is 2.41. The van der Waals surface area contributed by atoms with Crippen LogP contribution in [0.3, 0.4) is 0 Å². The van der Waals surface area contributed by atoms with Gasteiger partial charge in [0.05, 0.1) is 5.92 Å². The Hall–Kier alpha value is -1.15. The molecule has 14 heavy (non-hydrogen) atoms. The van der Waals surface area contributed by atoms with Crippen molar-refractivity contribution in [2.24, 2.45) is 11.0 Å². The van der Waals surface area contributed by atoms with Crippen LogP contribution in [0.5, 0.6) is 0 Å². The summed E-state index contributed by atoms with van der Waals surface area (Å²) in [5.74, 6) is 0.376. The summed E-state index contributed by atoms with van der Waals surface area (Å²) >= 11 is 5.83. The van der Waals surface area contributed by atoms with Gasteiger partial charge in [-0.15, -0.1) is 0 Å². The number of hydrogen-bond donors (Lipinski definition) is 0. The van der Waals surface area contributed by atoms with Crippen molar-refractivity contribution in [2.75, 3.05) is 7.05 Å². The van der Waals surface area contributed by atoms with Crippen LogP contribution in [0.4, 0.5) is 0 Å². The smallest absolute Gasteiger partial charge is 0.0971 e. The zero-order valence-corrected chi connectivity index (χ0v) is 8.99. The SMILES string of the molecule is CC1C=[N+](C)N=C1c1ccc(Cl)cc1. The highest BCUT2D eigenvalue weighted by Gasteiger charge is 2.22. The molecule has 0 fully saturated rings. The molecule has 0 spiro atoms. The van der Waals surface area contributed by atoms with Crippen LogP contribution in [0.1, 0.15) is 12.5 Å². The van der Waals surface area contributed by atoms with E-state index in [4.69, 9.17) is 11.6 Å². The van der Waals surface area contributed by atoms with Crippen LogP contribution in [0, 0.1) is 5.92 Å². The maximum Gasteiger partial charge on any atom is 0.181 e. The molecular formula is C11H12ClN2+. The van der Waals surface area contributed by atoms with Crippen molar-refractivity contribution < 1.29 is 4.68 Å². The molecule has 0 aromatic heterocycles. The van der Waals surface area contributed by atoms with Gasteiger partial charge in [-0.25, -0.2) is 0 Å². The number of hydrazone groups is 1. The van der Waals surface area contributed by atoms with Gasteiger partial charge < -0.3 is 0 Å². The minimum absolute atomic E-state index is 0.376. The highest BCUT2D eigenvalue weighted by molar-refractivity contribution is 6.30. The summed E-state index contributed by atoms with van der Waals surface area (Å²) in [6.45, 7) is 2.14. The normalized spacial score (nSPS) is 20.6. The van der Waals surface area contributed by atoms with Gasteiger partial charge in [0.2, 0.25) is 0 Å². The lowest BCUT2D eigenvalue weighted by atomic mass is 10.0. The molecule has 0 radical (unpaired) electrons. The molecule has 0 saturated carbocycles. The summed E-state index contributed by atoms with van der Waals surface area (Å²) in [5, 5.41) is 5.18. The third-order valence-electron chi connectivity index (χ3n) is 2.28. The Kier molecular flexibility index (Phi) is 2.38. The summed E-state index contributed by atoms with van der Waals surface area (Å²) in [7, 11) is 1.94. The molecule has 2 nitrogen and oxygen atoms in total. The Morgan fingerprint density at radius 3 is 2.43 bits per heavy atom. The molecule has 1 aliphatic rings. The lowest BCUT2D eigenvalue weighted by molar-refractivity contribution is -0.495. The quantitative estimate of drug-likeness (QED) is 0.629. The summed E-state index contributed by atoms with van der Waals surface area (Å²) in [6, 6.07) is 7.80. The van der Waals surface area contributed by atoms with E-state index in [-0.39, 0.29) is 0 Å².